The van der Waals surface area contributed by atoms with Crippen molar-refractivity contribution in [1.29, 1.82) is 0 Å². The van der Waals surface area contributed by atoms with E-state index in [1.165, 1.54) is 0 Å². The van der Waals surface area contributed by atoms with Gasteiger partial charge in [-0.1, -0.05) is 6.07 Å². The van der Waals surface area contributed by atoms with Gasteiger partial charge in [0.2, 0.25) is 12.7 Å². The van der Waals surface area contributed by atoms with Crippen LogP contribution in [-0.4, -0.2) is 34.9 Å². The Kier molecular flexibility index (Phi) is 3.00. The van der Waals surface area contributed by atoms with Crippen LogP contribution in [0.2, 0.25) is 0 Å². The summed E-state index contributed by atoms with van der Waals surface area (Å²) in [6.45, 7) is 0.422. The van der Waals surface area contributed by atoms with Crippen LogP contribution in [0.3, 0.4) is 0 Å². The van der Waals surface area contributed by atoms with E-state index >= 15 is 0 Å². The lowest BCUT2D eigenvalue weighted by Gasteiger charge is -2.04. The molecule has 0 bridgehead atoms. The number of ether oxygens (including phenoxy) is 3. The van der Waals surface area contributed by atoms with E-state index in [2.05, 4.69) is 5.10 Å². The molecule has 1 N–H and O–H groups in total. The fourth-order valence-electron chi connectivity index (χ4n) is 1.98. The Balaban J connectivity index is 1.97. The lowest BCUT2D eigenvalue weighted by atomic mass is 10.1. The third-order valence-electron chi connectivity index (χ3n) is 2.81. The summed E-state index contributed by atoms with van der Waals surface area (Å²) >= 11 is 0. The van der Waals surface area contributed by atoms with E-state index in [0.29, 0.717) is 5.88 Å². The standard InChI is InChI=1S/C13H14N2O4/c1-15-7-10(13(14-15)17-5-4-16)9-2-3-11-12(6-9)19-8-18-11/h2-3,6-7,16H,4-5,8H2,1H3. The highest BCUT2D eigenvalue weighted by molar-refractivity contribution is 5.71. The third kappa shape index (κ3) is 2.22. The molecule has 1 aliphatic rings. The van der Waals surface area contributed by atoms with Crippen LogP contribution < -0.4 is 14.2 Å². The van der Waals surface area contributed by atoms with Crippen molar-refractivity contribution in [2.75, 3.05) is 20.0 Å². The second-order valence-electron chi connectivity index (χ2n) is 4.16. The lowest BCUT2D eigenvalue weighted by molar-refractivity contribution is 0.174. The zero-order valence-corrected chi connectivity index (χ0v) is 10.5. The first-order valence-corrected chi connectivity index (χ1v) is 5.95. The summed E-state index contributed by atoms with van der Waals surface area (Å²) in [5.41, 5.74) is 1.79. The molecule has 0 amide bonds. The summed E-state index contributed by atoms with van der Waals surface area (Å²) in [4.78, 5) is 0. The highest BCUT2D eigenvalue weighted by Gasteiger charge is 2.17. The van der Waals surface area contributed by atoms with Gasteiger partial charge >= 0.3 is 0 Å². The van der Waals surface area contributed by atoms with Crippen LogP contribution in [0.5, 0.6) is 17.4 Å². The molecule has 0 aliphatic carbocycles. The van der Waals surface area contributed by atoms with E-state index in [4.69, 9.17) is 19.3 Å². The predicted octanol–water partition coefficient (Wildman–Crippen LogP) is 1.19. The molecule has 1 aromatic carbocycles. The SMILES string of the molecule is Cn1cc(-c2ccc3c(c2)OCO3)c(OCCO)n1. The van der Waals surface area contributed by atoms with Gasteiger partial charge < -0.3 is 19.3 Å². The normalized spacial score (nSPS) is 12.7. The van der Waals surface area contributed by atoms with Crippen LogP contribution in [-0.2, 0) is 7.05 Å². The predicted molar refractivity (Wildman–Crippen MR) is 67.3 cm³/mol. The molecule has 6 nitrogen and oxygen atoms in total. The molecule has 0 saturated heterocycles. The van der Waals surface area contributed by atoms with Crippen LogP contribution in [0.15, 0.2) is 24.4 Å². The molecule has 100 valence electrons. The first-order chi connectivity index (χ1) is 9.28. The van der Waals surface area contributed by atoms with Gasteiger partial charge in [-0.15, -0.1) is 5.10 Å². The Labute approximate surface area is 110 Å². The van der Waals surface area contributed by atoms with Crippen molar-refractivity contribution in [3.8, 4) is 28.5 Å². The van der Waals surface area contributed by atoms with Crippen molar-refractivity contribution < 1.29 is 19.3 Å². The fraction of sp³-hybridized carbons (Fsp3) is 0.308. The number of rotatable bonds is 4. The van der Waals surface area contributed by atoms with E-state index in [0.717, 1.165) is 22.6 Å². The van der Waals surface area contributed by atoms with Crippen LogP contribution >= 0.6 is 0 Å². The Morgan fingerprint density at radius 2 is 2.21 bits per heavy atom. The molecular weight excluding hydrogens is 248 g/mol. The first kappa shape index (κ1) is 11.9. The second-order valence-corrected chi connectivity index (χ2v) is 4.16. The maximum absolute atomic E-state index is 8.83. The van der Waals surface area contributed by atoms with Gasteiger partial charge in [-0.2, -0.15) is 0 Å². The average Bonchev–Trinajstić information content (AvgIpc) is 3.01. The van der Waals surface area contributed by atoms with Crippen LogP contribution in [0, 0.1) is 0 Å². The van der Waals surface area contributed by atoms with Gasteiger partial charge in [0.25, 0.3) is 0 Å². The Hall–Kier alpha value is -2.21. The molecule has 6 heteroatoms. The van der Waals surface area contributed by atoms with Crippen LogP contribution in [0.4, 0.5) is 0 Å². The van der Waals surface area contributed by atoms with Gasteiger partial charge in [0.05, 0.1) is 12.2 Å². The van der Waals surface area contributed by atoms with Gasteiger partial charge in [0.1, 0.15) is 6.61 Å². The molecule has 0 spiro atoms. The number of aromatic nitrogens is 2. The van der Waals surface area contributed by atoms with E-state index in [9.17, 15) is 0 Å². The zero-order valence-electron chi connectivity index (χ0n) is 10.5. The summed E-state index contributed by atoms with van der Waals surface area (Å²) in [5, 5.41) is 13.1. The fourth-order valence-corrected chi connectivity index (χ4v) is 1.98. The largest absolute Gasteiger partial charge is 0.474 e. The van der Waals surface area contributed by atoms with Crippen LogP contribution in [0.1, 0.15) is 0 Å². The molecule has 3 rings (SSSR count). The minimum absolute atomic E-state index is 0.0445. The minimum atomic E-state index is -0.0445. The van der Waals surface area contributed by atoms with E-state index in [-0.39, 0.29) is 20.0 Å². The topological polar surface area (TPSA) is 65.7 Å². The number of hydrogen-bond donors (Lipinski definition) is 1. The summed E-state index contributed by atoms with van der Waals surface area (Å²) < 4.78 is 17.7. The summed E-state index contributed by atoms with van der Waals surface area (Å²) in [6.07, 6.45) is 1.87. The van der Waals surface area contributed by atoms with E-state index < -0.39 is 0 Å². The monoisotopic (exact) mass is 262 g/mol. The summed E-state index contributed by atoms with van der Waals surface area (Å²) in [6, 6.07) is 5.68. The second kappa shape index (κ2) is 4.81. The zero-order chi connectivity index (χ0) is 13.2. The van der Waals surface area contributed by atoms with Gasteiger partial charge in [0.15, 0.2) is 11.5 Å². The number of nitrogens with zero attached hydrogens (tertiary/aromatic N) is 2. The van der Waals surface area contributed by atoms with Crippen molar-refractivity contribution in [2.45, 2.75) is 0 Å². The molecule has 0 atom stereocenters. The number of fused-ring (bicyclic) bond motifs is 1. The molecule has 0 saturated carbocycles. The maximum Gasteiger partial charge on any atom is 0.240 e. The highest BCUT2D eigenvalue weighted by Crippen LogP contribution is 2.38. The molecule has 0 radical (unpaired) electrons. The number of hydrogen-bond acceptors (Lipinski definition) is 5. The lowest BCUT2D eigenvalue weighted by Crippen LogP contribution is -2.03. The highest BCUT2D eigenvalue weighted by atomic mass is 16.7. The summed E-state index contributed by atoms with van der Waals surface area (Å²) in [5.74, 6) is 1.95. The maximum atomic E-state index is 8.83. The number of aryl methyl sites for hydroxylation is 1. The van der Waals surface area contributed by atoms with Crippen molar-refractivity contribution in [3.05, 3.63) is 24.4 Å². The van der Waals surface area contributed by atoms with E-state index in [1.807, 2.05) is 31.4 Å². The Morgan fingerprint density at radius 1 is 1.37 bits per heavy atom. The van der Waals surface area contributed by atoms with Crippen LogP contribution in [0.25, 0.3) is 11.1 Å². The summed E-state index contributed by atoms with van der Waals surface area (Å²) in [7, 11) is 1.82. The van der Waals surface area contributed by atoms with Gasteiger partial charge in [0, 0.05) is 13.2 Å². The Bertz CT molecular complexity index is 594. The first-order valence-electron chi connectivity index (χ1n) is 5.95. The van der Waals surface area contributed by atoms with Crippen molar-refractivity contribution >= 4 is 0 Å². The molecular formula is C13H14N2O4. The Morgan fingerprint density at radius 3 is 3.05 bits per heavy atom. The quantitative estimate of drug-likeness (QED) is 0.896. The molecule has 1 aliphatic heterocycles. The van der Waals surface area contributed by atoms with Crippen molar-refractivity contribution in [3.63, 3.8) is 0 Å². The van der Waals surface area contributed by atoms with Gasteiger partial charge in [-0.3, -0.25) is 4.68 Å². The van der Waals surface area contributed by atoms with Crippen molar-refractivity contribution in [2.24, 2.45) is 7.05 Å². The molecule has 0 unspecified atom stereocenters. The molecule has 0 fully saturated rings. The number of aliphatic hydroxyl groups excluding tert-OH is 1. The molecule has 1 aromatic heterocycles. The average molecular weight is 262 g/mol. The van der Waals surface area contributed by atoms with Crippen molar-refractivity contribution in [1.82, 2.24) is 9.78 Å². The molecule has 19 heavy (non-hydrogen) atoms. The van der Waals surface area contributed by atoms with E-state index in [1.54, 1.807) is 4.68 Å². The number of benzene rings is 1. The third-order valence-corrected chi connectivity index (χ3v) is 2.81. The van der Waals surface area contributed by atoms with Gasteiger partial charge in [-0.05, 0) is 17.7 Å². The molecule has 2 aromatic rings. The smallest absolute Gasteiger partial charge is 0.240 e. The number of aliphatic hydroxyl groups is 1. The molecule has 2 heterocycles. The minimum Gasteiger partial charge on any atom is -0.474 e. The van der Waals surface area contributed by atoms with Gasteiger partial charge in [-0.25, -0.2) is 0 Å².